The first kappa shape index (κ1) is 14.8. The monoisotopic (exact) mass is 333 g/mol. The lowest BCUT2D eigenvalue weighted by molar-refractivity contribution is 0.0798. The van der Waals surface area contributed by atoms with Crippen LogP contribution in [0.1, 0.15) is 16.8 Å². The van der Waals surface area contributed by atoms with Gasteiger partial charge in [-0.3, -0.25) is 4.79 Å². The lowest BCUT2D eigenvalue weighted by Gasteiger charge is -2.17. The predicted molar refractivity (Wildman–Crippen MR) is 74.1 cm³/mol. The summed E-state index contributed by atoms with van der Waals surface area (Å²) in [5, 5.41) is 11.7. The van der Waals surface area contributed by atoms with Gasteiger partial charge in [0.2, 0.25) is 0 Å². The van der Waals surface area contributed by atoms with Crippen molar-refractivity contribution in [3.63, 3.8) is 0 Å². The zero-order valence-electron chi connectivity index (χ0n) is 9.73. The Kier molecular flexibility index (Phi) is 5.43. The number of hydrogen-bond acceptors (Lipinski definition) is 3. The fourth-order valence-corrected chi connectivity index (χ4v) is 1.86. The van der Waals surface area contributed by atoms with E-state index in [1.807, 2.05) is 0 Å². The SMILES string of the molecule is CN(CC/C(N)=N/O)C(=O)c1cc(Br)ccc1Cl. The second-order valence-corrected chi connectivity index (χ2v) is 5.02. The minimum absolute atomic E-state index is 0.0787. The molecule has 1 rings (SSSR count). The van der Waals surface area contributed by atoms with Gasteiger partial charge in [-0.1, -0.05) is 32.7 Å². The zero-order chi connectivity index (χ0) is 13.7. The molecule has 0 aliphatic carbocycles. The van der Waals surface area contributed by atoms with E-state index in [4.69, 9.17) is 22.5 Å². The van der Waals surface area contributed by atoms with Gasteiger partial charge in [-0.15, -0.1) is 0 Å². The van der Waals surface area contributed by atoms with Crippen LogP contribution < -0.4 is 5.73 Å². The third-order valence-corrected chi connectivity index (χ3v) is 3.16. The molecule has 1 amide bonds. The molecule has 1 aromatic carbocycles. The van der Waals surface area contributed by atoms with Crippen molar-refractivity contribution in [1.29, 1.82) is 0 Å². The van der Waals surface area contributed by atoms with Crippen LogP contribution >= 0.6 is 27.5 Å². The molecule has 7 heteroatoms. The van der Waals surface area contributed by atoms with Crippen molar-refractivity contribution >= 4 is 39.3 Å². The Morgan fingerprint density at radius 2 is 2.28 bits per heavy atom. The van der Waals surface area contributed by atoms with Gasteiger partial charge in [-0.05, 0) is 18.2 Å². The van der Waals surface area contributed by atoms with Crippen molar-refractivity contribution in [2.75, 3.05) is 13.6 Å². The fourth-order valence-electron chi connectivity index (χ4n) is 1.30. The number of nitrogens with two attached hydrogens (primary N) is 1. The highest BCUT2D eigenvalue weighted by Gasteiger charge is 2.15. The van der Waals surface area contributed by atoms with Crippen LogP contribution in [0.4, 0.5) is 0 Å². The van der Waals surface area contributed by atoms with Crippen LogP contribution in [0.3, 0.4) is 0 Å². The second kappa shape index (κ2) is 6.61. The van der Waals surface area contributed by atoms with Crippen LogP contribution in [-0.4, -0.2) is 35.4 Å². The van der Waals surface area contributed by atoms with E-state index in [2.05, 4.69) is 21.1 Å². The number of carbonyl (C=O) groups is 1. The minimum Gasteiger partial charge on any atom is -0.409 e. The average Bonchev–Trinajstić information content (AvgIpc) is 2.37. The number of amidine groups is 1. The third kappa shape index (κ3) is 3.89. The number of rotatable bonds is 4. The molecule has 0 saturated carbocycles. The molecule has 5 nitrogen and oxygen atoms in total. The van der Waals surface area contributed by atoms with Gasteiger partial charge in [0.1, 0.15) is 5.84 Å². The van der Waals surface area contributed by atoms with E-state index in [1.54, 1.807) is 25.2 Å². The number of hydrogen-bond donors (Lipinski definition) is 2. The maximum absolute atomic E-state index is 12.1. The van der Waals surface area contributed by atoms with Gasteiger partial charge in [-0.25, -0.2) is 0 Å². The molecule has 0 saturated heterocycles. The lowest BCUT2D eigenvalue weighted by atomic mass is 10.2. The summed E-state index contributed by atoms with van der Waals surface area (Å²) in [6.45, 7) is 0.345. The van der Waals surface area contributed by atoms with Gasteiger partial charge in [0.15, 0.2) is 0 Å². The Bertz CT molecular complexity index is 479. The number of amides is 1. The van der Waals surface area contributed by atoms with Gasteiger partial charge in [0.25, 0.3) is 5.91 Å². The van der Waals surface area contributed by atoms with Gasteiger partial charge in [-0.2, -0.15) is 0 Å². The van der Waals surface area contributed by atoms with Gasteiger partial charge >= 0.3 is 0 Å². The summed E-state index contributed by atoms with van der Waals surface area (Å²) >= 11 is 9.25. The molecule has 0 heterocycles. The summed E-state index contributed by atoms with van der Waals surface area (Å²) in [4.78, 5) is 13.6. The van der Waals surface area contributed by atoms with Crippen LogP contribution in [0.5, 0.6) is 0 Å². The van der Waals surface area contributed by atoms with E-state index < -0.39 is 0 Å². The number of oxime groups is 1. The zero-order valence-corrected chi connectivity index (χ0v) is 12.1. The number of halogens is 2. The smallest absolute Gasteiger partial charge is 0.255 e. The molecule has 18 heavy (non-hydrogen) atoms. The van der Waals surface area contributed by atoms with Crippen LogP contribution in [0.15, 0.2) is 27.8 Å². The van der Waals surface area contributed by atoms with E-state index in [0.29, 0.717) is 23.6 Å². The molecule has 0 aromatic heterocycles. The summed E-state index contributed by atoms with van der Waals surface area (Å²) in [5.74, 6) is -0.137. The largest absolute Gasteiger partial charge is 0.409 e. The van der Waals surface area contributed by atoms with Crippen LogP contribution in [0.2, 0.25) is 5.02 Å². The Labute approximate surface area is 118 Å². The van der Waals surface area contributed by atoms with Crippen molar-refractivity contribution in [3.05, 3.63) is 33.3 Å². The van der Waals surface area contributed by atoms with Gasteiger partial charge < -0.3 is 15.8 Å². The molecule has 0 atom stereocenters. The summed E-state index contributed by atoms with van der Waals surface area (Å²) < 4.78 is 0.778. The Hall–Kier alpha value is -1.27. The highest BCUT2D eigenvalue weighted by Crippen LogP contribution is 2.22. The molecule has 1 aromatic rings. The van der Waals surface area contributed by atoms with Crippen molar-refractivity contribution < 1.29 is 10.0 Å². The molecule has 0 radical (unpaired) electrons. The summed E-state index contributed by atoms with van der Waals surface area (Å²) in [6, 6.07) is 5.07. The molecular formula is C11H13BrClN3O2. The minimum atomic E-state index is -0.216. The van der Waals surface area contributed by atoms with E-state index in [0.717, 1.165) is 4.47 Å². The van der Waals surface area contributed by atoms with Crippen LogP contribution in [0, 0.1) is 0 Å². The summed E-state index contributed by atoms with van der Waals surface area (Å²) in [6.07, 6.45) is 0.296. The first-order chi connectivity index (χ1) is 8.45. The van der Waals surface area contributed by atoms with Crippen molar-refractivity contribution in [3.8, 4) is 0 Å². The topological polar surface area (TPSA) is 78.9 Å². The Morgan fingerprint density at radius 1 is 1.61 bits per heavy atom. The standard InChI is InChI=1S/C11H13BrClN3O2/c1-16(5-4-10(14)15-18)11(17)8-6-7(12)2-3-9(8)13/h2-3,6,18H,4-5H2,1H3,(H2,14,15). The number of benzene rings is 1. The molecule has 3 N–H and O–H groups in total. The predicted octanol–water partition coefficient (Wildman–Crippen LogP) is 2.31. The summed E-state index contributed by atoms with van der Waals surface area (Å²) in [5.41, 5.74) is 5.75. The maximum atomic E-state index is 12.1. The molecule has 0 unspecified atom stereocenters. The quantitative estimate of drug-likeness (QED) is 0.384. The molecule has 0 bridgehead atoms. The Morgan fingerprint density at radius 3 is 2.89 bits per heavy atom. The normalized spacial score (nSPS) is 11.4. The maximum Gasteiger partial charge on any atom is 0.255 e. The first-order valence-electron chi connectivity index (χ1n) is 5.12. The third-order valence-electron chi connectivity index (χ3n) is 2.34. The molecule has 0 aliphatic heterocycles. The van der Waals surface area contributed by atoms with Crippen molar-refractivity contribution in [2.24, 2.45) is 10.9 Å². The molecule has 0 spiro atoms. The van der Waals surface area contributed by atoms with Gasteiger partial charge in [0, 0.05) is 24.5 Å². The molecule has 98 valence electrons. The highest BCUT2D eigenvalue weighted by atomic mass is 79.9. The lowest BCUT2D eigenvalue weighted by Crippen LogP contribution is -2.30. The molecule has 0 aliphatic rings. The number of carbonyl (C=O) groups excluding carboxylic acids is 1. The average molecular weight is 335 g/mol. The second-order valence-electron chi connectivity index (χ2n) is 3.69. The number of nitrogens with zero attached hydrogens (tertiary/aromatic N) is 2. The highest BCUT2D eigenvalue weighted by molar-refractivity contribution is 9.10. The fraction of sp³-hybridized carbons (Fsp3) is 0.273. The first-order valence-corrected chi connectivity index (χ1v) is 6.29. The molecule has 0 fully saturated rings. The van der Waals surface area contributed by atoms with E-state index in [9.17, 15) is 4.79 Å². The molecular weight excluding hydrogens is 321 g/mol. The van der Waals surface area contributed by atoms with Crippen LogP contribution in [-0.2, 0) is 0 Å². The van der Waals surface area contributed by atoms with Crippen molar-refractivity contribution in [2.45, 2.75) is 6.42 Å². The summed E-state index contributed by atoms with van der Waals surface area (Å²) in [7, 11) is 1.63. The Balaban J connectivity index is 2.77. The van der Waals surface area contributed by atoms with E-state index in [-0.39, 0.29) is 11.7 Å². The van der Waals surface area contributed by atoms with Crippen LogP contribution in [0.25, 0.3) is 0 Å². The van der Waals surface area contributed by atoms with E-state index >= 15 is 0 Å². The van der Waals surface area contributed by atoms with E-state index in [1.165, 1.54) is 4.90 Å². The van der Waals surface area contributed by atoms with Crippen molar-refractivity contribution in [1.82, 2.24) is 4.90 Å². The van der Waals surface area contributed by atoms with Gasteiger partial charge in [0.05, 0.1) is 10.6 Å².